The molecule has 0 saturated carbocycles. The second-order valence-electron chi connectivity index (χ2n) is 16.5. The fraction of sp³-hybridized carbons (Fsp3) is 0.125. The first-order valence-electron chi connectivity index (χ1n) is 21.2. The first-order valence-corrected chi connectivity index (χ1v) is 27.4. The minimum atomic E-state index is -4.58. The highest BCUT2D eigenvalue weighted by Gasteiger charge is 2.47. The van der Waals surface area contributed by atoms with E-state index in [-0.39, 0.29) is 15.2 Å². The van der Waals surface area contributed by atoms with Crippen molar-refractivity contribution in [3.63, 3.8) is 0 Å². The van der Waals surface area contributed by atoms with E-state index in [4.69, 9.17) is 9.98 Å². The third-order valence-corrected chi connectivity index (χ3v) is 19.1. The molecule has 0 bridgehead atoms. The summed E-state index contributed by atoms with van der Waals surface area (Å²) in [6.45, 7) is 3.29. The lowest BCUT2D eigenvalue weighted by molar-refractivity contribution is 0.489. The molecule has 4 N–H and O–H groups in total. The molecule has 0 spiro atoms. The maximum Gasteiger partial charge on any atom is 0.295 e. The quantitative estimate of drug-likeness (QED) is 0.0749. The monoisotopic (exact) mass is 1040 g/mol. The normalized spacial score (nSPS) is 20.9. The molecule has 7 aromatic rings. The molecule has 0 saturated heterocycles. The summed E-state index contributed by atoms with van der Waals surface area (Å²) in [6, 6.07) is 28.2. The maximum atomic E-state index is 13.7. The van der Waals surface area contributed by atoms with Crippen LogP contribution < -0.4 is 32.4 Å². The number of rotatable bonds is 10. The Labute approximate surface area is 414 Å². The number of allylic oxidation sites excluding steroid dienone is 6. The zero-order valence-corrected chi connectivity index (χ0v) is 41.3. The molecule has 4 heterocycles. The highest BCUT2D eigenvalue weighted by atomic mass is 32.2. The molecule has 2 atom stereocenters. The summed E-state index contributed by atoms with van der Waals surface area (Å²) in [4.78, 5) is 44.0. The van der Waals surface area contributed by atoms with Crippen LogP contribution in [0.1, 0.15) is 48.9 Å². The number of anilines is 2. The van der Waals surface area contributed by atoms with Crippen LogP contribution in [-0.4, -0.2) is 47.3 Å². The maximum absolute atomic E-state index is 13.7. The van der Waals surface area contributed by atoms with Crippen LogP contribution in [0.4, 0.5) is 11.4 Å². The molecule has 2 unspecified atom stereocenters. The molecule has 0 amide bonds. The van der Waals surface area contributed by atoms with E-state index in [1.165, 1.54) is 58.3 Å². The van der Waals surface area contributed by atoms with Crippen molar-refractivity contribution < 1.29 is 25.9 Å². The molecule has 5 aromatic carbocycles. The lowest BCUT2D eigenvalue weighted by atomic mass is 9.97. The van der Waals surface area contributed by atoms with Gasteiger partial charge in [0, 0.05) is 12.8 Å². The number of aromatic nitrogens is 2. The Hall–Kier alpha value is -6.50. The first-order chi connectivity index (χ1) is 33.5. The minimum Gasteiger partial charge on any atom is -0.287 e. The van der Waals surface area contributed by atoms with Crippen LogP contribution in [0.3, 0.4) is 0 Å². The zero-order valence-electron chi connectivity index (χ0n) is 36.4. The van der Waals surface area contributed by atoms with Gasteiger partial charge in [0.2, 0.25) is 10.9 Å². The second kappa shape index (κ2) is 17.1. The van der Waals surface area contributed by atoms with Gasteiger partial charge in [0.05, 0.1) is 64.1 Å². The molecule has 2 aliphatic heterocycles. The molecule has 11 rings (SSSR count). The third kappa shape index (κ3) is 7.93. The Kier molecular flexibility index (Phi) is 11.2. The van der Waals surface area contributed by atoms with Crippen LogP contribution >= 0.6 is 46.2 Å². The summed E-state index contributed by atoms with van der Waals surface area (Å²) in [5.74, 6) is 0. The van der Waals surface area contributed by atoms with E-state index in [1.807, 2.05) is 48.5 Å². The van der Waals surface area contributed by atoms with Gasteiger partial charge in [0.1, 0.15) is 15.2 Å². The summed E-state index contributed by atoms with van der Waals surface area (Å²) in [5, 5.41) is 8.04. The number of thioether (sulfide) groups is 2. The van der Waals surface area contributed by atoms with Crippen LogP contribution in [0.2, 0.25) is 0 Å². The topological polar surface area (TPSA) is 242 Å². The van der Waals surface area contributed by atoms with Crippen LogP contribution in [0.5, 0.6) is 0 Å². The van der Waals surface area contributed by atoms with Gasteiger partial charge in [0.25, 0.3) is 20.2 Å². The fourth-order valence-corrected chi connectivity index (χ4v) is 15.6. The molecule has 70 heavy (non-hydrogen) atoms. The molecule has 4 aliphatic rings. The van der Waals surface area contributed by atoms with Gasteiger partial charge in [0.15, 0.2) is 15.1 Å². The summed E-state index contributed by atoms with van der Waals surface area (Å²) < 4.78 is 73.0. The van der Waals surface area contributed by atoms with E-state index in [0.29, 0.717) is 67.7 Å². The van der Waals surface area contributed by atoms with Crippen LogP contribution in [0.15, 0.2) is 181 Å². The first kappa shape index (κ1) is 45.9. The Morgan fingerprint density at radius 1 is 0.586 bits per heavy atom. The highest BCUT2D eigenvalue weighted by molar-refractivity contribution is 8.06. The number of hydrogen-bond acceptors (Lipinski definition) is 18. The predicted molar refractivity (Wildman–Crippen MR) is 277 cm³/mol. The number of thiazole rings is 2. The van der Waals surface area contributed by atoms with Crippen molar-refractivity contribution in [1.82, 2.24) is 9.97 Å². The van der Waals surface area contributed by atoms with E-state index in [0.717, 1.165) is 31.6 Å². The van der Waals surface area contributed by atoms with Crippen LogP contribution in [0.25, 0.3) is 20.4 Å². The standard InChI is InChI=1S/C48H34N8O8S6/c1-25-3-15-36-43(45(25)69(59,60)61)67-47(51-36,29-9-17-33-39(21-29)65-23-49-33)27-5-11-31(12-6-27)53-55-35-19-20-38(57)41(42(35)58)56-54-32-13-7-28(8-14-32)48(30-10-18-34-40(22-30)66-24-50-34)52-37-16-4-26(2)46(44(37)68-48)70(62,63)64/h3-14,17-24,53-54H,15-16H2,1-2H3,(H,59,60,61)(H,62,63,64)/b55-35-,56-41+. The second-order valence-corrected chi connectivity index (χ2v) is 23.4. The van der Waals surface area contributed by atoms with Crippen LogP contribution in [-0.2, 0) is 30.0 Å². The fourth-order valence-electron chi connectivity index (χ4n) is 8.74. The number of aliphatic imine (C=N–C) groups is 2. The van der Waals surface area contributed by atoms with Crippen molar-refractivity contribution in [1.29, 1.82) is 0 Å². The molecule has 350 valence electrons. The summed E-state index contributed by atoms with van der Waals surface area (Å²) in [7, 11) is -9.15. The van der Waals surface area contributed by atoms with Gasteiger partial charge in [-0.3, -0.25) is 39.5 Å². The third-order valence-electron chi connectivity index (χ3n) is 12.1. The van der Waals surface area contributed by atoms with E-state index in [2.05, 4.69) is 31.0 Å². The number of nitrogens with zero attached hydrogens (tertiary/aromatic N) is 6. The highest BCUT2D eigenvalue weighted by Crippen LogP contribution is 2.58. The molecule has 0 fully saturated rings. The molecule has 16 nitrogen and oxygen atoms in total. The van der Waals surface area contributed by atoms with Crippen molar-refractivity contribution in [3.8, 4) is 0 Å². The van der Waals surface area contributed by atoms with Gasteiger partial charge in [-0.15, -0.1) is 22.7 Å². The number of nitrogens with one attached hydrogen (secondary N) is 2. The SMILES string of the molecule is CC1=CCC2=NC(c3ccc(N/N=c4/ccc(=O)/c(=N\Nc5ccc(C6(c7ccc8ncsc8c7)N=C7CC=C(C)C(S(=O)(=O)O)=C7S6)cc5)c4=O)cc3)(c3ccc4ncsc4c3)SC2=C1S(=O)(=O)O. The Morgan fingerprint density at radius 3 is 1.49 bits per heavy atom. The average Bonchev–Trinajstić information content (AvgIpc) is 4.16. The zero-order chi connectivity index (χ0) is 48.7. The van der Waals surface area contributed by atoms with E-state index < -0.39 is 46.2 Å². The number of fused-ring (bicyclic) bond motifs is 4. The lowest BCUT2D eigenvalue weighted by Gasteiger charge is -2.27. The number of benzene rings is 5. The van der Waals surface area contributed by atoms with Gasteiger partial charge in [-0.25, -0.2) is 9.97 Å². The molecule has 22 heteroatoms. The molecule has 2 aliphatic carbocycles. The minimum absolute atomic E-state index is 0.0785. The van der Waals surface area contributed by atoms with Crippen molar-refractivity contribution in [2.45, 2.75) is 36.4 Å². The average molecular weight is 1040 g/mol. The van der Waals surface area contributed by atoms with E-state index in [9.17, 15) is 35.5 Å². The van der Waals surface area contributed by atoms with Gasteiger partial charge in [-0.1, -0.05) is 72.1 Å². The van der Waals surface area contributed by atoms with Crippen molar-refractivity contribution >= 4 is 110 Å². The molecular weight excluding hydrogens is 1010 g/mol. The molecular formula is C48H34N8O8S6. The van der Waals surface area contributed by atoms with Gasteiger partial charge in [-0.2, -0.15) is 27.0 Å². The molecule has 2 aromatic heterocycles. The van der Waals surface area contributed by atoms with Crippen molar-refractivity contribution in [2.75, 3.05) is 10.9 Å². The van der Waals surface area contributed by atoms with Crippen LogP contribution in [0, 0.1) is 0 Å². The molecule has 0 radical (unpaired) electrons. The Morgan fingerprint density at radius 2 is 1.03 bits per heavy atom. The summed E-state index contributed by atoms with van der Waals surface area (Å²) >= 11 is 5.41. The van der Waals surface area contributed by atoms with E-state index >= 15 is 0 Å². The lowest BCUT2D eigenvalue weighted by Crippen LogP contribution is -2.47. The number of hydrogen-bond donors (Lipinski definition) is 4. The van der Waals surface area contributed by atoms with Gasteiger partial charge >= 0.3 is 0 Å². The van der Waals surface area contributed by atoms with Crippen molar-refractivity contribution in [2.24, 2.45) is 20.2 Å². The Balaban J connectivity index is 0.880. The van der Waals surface area contributed by atoms with Gasteiger partial charge < -0.3 is 0 Å². The predicted octanol–water partition coefficient (Wildman–Crippen LogP) is 8.03. The van der Waals surface area contributed by atoms with Crippen molar-refractivity contribution in [3.05, 3.63) is 204 Å². The summed E-state index contributed by atoms with van der Waals surface area (Å²) in [6.07, 6.45) is 4.23. The Bertz CT molecular complexity index is 4090. The van der Waals surface area contributed by atoms with Gasteiger partial charge in [-0.05, 0) is 108 Å². The summed E-state index contributed by atoms with van der Waals surface area (Å²) in [5.41, 5.74) is 15.3. The largest absolute Gasteiger partial charge is 0.295 e. The van der Waals surface area contributed by atoms with E-state index in [1.54, 1.807) is 73.4 Å². The smallest absolute Gasteiger partial charge is 0.287 e.